The van der Waals surface area contributed by atoms with Gasteiger partial charge in [0.05, 0.1) is 6.54 Å². The van der Waals surface area contributed by atoms with Crippen LogP contribution in [0.2, 0.25) is 5.02 Å². The van der Waals surface area contributed by atoms with E-state index >= 15 is 0 Å². The number of rotatable bonds is 6. The van der Waals surface area contributed by atoms with Gasteiger partial charge in [-0.15, -0.1) is 0 Å². The van der Waals surface area contributed by atoms with E-state index in [1.165, 1.54) is 18.2 Å². The Bertz CT molecular complexity index is 1080. The molecule has 1 amide bonds. The molecule has 0 bridgehead atoms. The second-order valence-corrected chi connectivity index (χ2v) is 7.02. The molecular formula is C21H21ClN2O4. The van der Waals surface area contributed by atoms with Crippen molar-refractivity contribution >= 4 is 34.2 Å². The van der Waals surface area contributed by atoms with E-state index < -0.39 is 5.63 Å². The third kappa shape index (κ3) is 4.71. The first-order chi connectivity index (χ1) is 13.4. The molecule has 6 nitrogen and oxygen atoms in total. The number of amides is 1. The van der Waals surface area contributed by atoms with Gasteiger partial charge in [-0.1, -0.05) is 24.6 Å². The number of carbonyl (C=O) groups excluding carboxylic acids is 1. The van der Waals surface area contributed by atoms with Gasteiger partial charge in [-0.05, 0) is 48.9 Å². The number of hydrogen-bond acceptors (Lipinski definition) is 5. The molecule has 0 saturated carbocycles. The Hall–Kier alpha value is -2.83. The molecule has 7 heteroatoms. The van der Waals surface area contributed by atoms with Gasteiger partial charge in [-0.25, -0.2) is 4.79 Å². The number of hydrogen-bond donors (Lipinski definition) is 2. The minimum atomic E-state index is -0.497. The Morgan fingerprint density at radius 2 is 2.00 bits per heavy atom. The molecule has 0 spiro atoms. The SMILES string of the molecule is CCN(CC(=O)Nc1cc(Cl)ccc1C)Cc1cc(=O)oc2cc(O)ccc12. The third-order valence-electron chi connectivity index (χ3n) is 4.50. The lowest BCUT2D eigenvalue weighted by Crippen LogP contribution is -2.33. The molecule has 0 unspecified atom stereocenters. The van der Waals surface area contributed by atoms with Gasteiger partial charge in [0.15, 0.2) is 0 Å². The minimum Gasteiger partial charge on any atom is -0.508 e. The molecule has 2 aromatic carbocycles. The highest BCUT2D eigenvalue weighted by Crippen LogP contribution is 2.23. The third-order valence-corrected chi connectivity index (χ3v) is 4.73. The van der Waals surface area contributed by atoms with Gasteiger partial charge in [-0.3, -0.25) is 9.69 Å². The summed E-state index contributed by atoms with van der Waals surface area (Å²) in [4.78, 5) is 26.3. The van der Waals surface area contributed by atoms with Gasteiger partial charge < -0.3 is 14.8 Å². The molecule has 0 aliphatic rings. The number of nitrogens with one attached hydrogen (secondary N) is 1. The molecule has 146 valence electrons. The lowest BCUT2D eigenvalue weighted by atomic mass is 10.1. The van der Waals surface area contributed by atoms with E-state index in [9.17, 15) is 14.7 Å². The summed E-state index contributed by atoms with van der Waals surface area (Å²) in [6.07, 6.45) is 0. The zero-order valence-electron chi connectivity index (χ0n) is 15.7. The summed E-state index contributed by atoms with van der Waals surface area (Å²) in [5.74, 6) is -0.145. The molecule has 0 radical (unpaired) electrons. The first-order valence-corrected chi connectivity index (χ1v) is 9.27. The fourth-order valence-corrected chi connectivity index (χ4v) is 3.16. The molecule has 0 fully saturated rings. The predicted octanol–water partition coefficient (Wildman–Crippen LogP) is 3.92. The Balaban J connectivity index is 1.77. The number of phenols is 1. The van der Waals surface area contributed by atoms with Gasteiger partial charge in [0.25, 0.3) is 0 Å². The molecule has 0 saturated heterocycles. The van der Waals surface area contributed by atoms with Gasteiger partial charge in [0, 0.05) is 34.8 Å². The van der Waals surface area contributed by atoms with Crippen LogP contribution in [0.4, 0.5) is 5.69 Å². The normalized spacial score (nSPS) is 11.1. The van der Waals surface area contributed by atoms with Crippen LogP contribution in [0.1, 0.15) is 18.1 Å². The number of anilines is 1. The second-order valence-electron chi connectivity index (χ2n) is 6.58. The van der Waals surface area contributed by atoms with Crippen molar-refractivity contribution in [2.24, 2.45) is 0 Å². The maximum absolute atomic E-state index is 12.5. The lowest BCUT2D eigenvalue weighted by Gasteiger charge is -2.21. The molecule has 1 heterocycles. The van der Waals surface area contributed by atoms with Crippen molar-refractivity contribution in [1.82, 2.24) is 4.90 Å². The van der Waals surface area contributed by atoms with Crippen LogP contribution in [0, 0.1) is 6.92 Å². The van der Waals surface area contributed by atoms with Crippen LogP contribution in [-0.2, 0) is 11.3 Å². The highest BCUT2D eigenvalue weighted by Gasteiger charge is 2.14. The number of aryl methyl sites for hydroxylation is 1. The maximum Gasteiger partial charge on any atom is 0.336 e. The molecule has 28 heavy (non-hydrogen) atoms. The summed E-state index contributed by atoms with van der Waals surface area (Å²) >= 11 is 6.00. The van der Waals surface area contributed by atoms with E-state index in [1.54, 1.807) is 18.2 Å². The lowest BCUT2D eigenvalue weighted by molar-refractivity contribution is -0.117. The van der Waals surface area contributed by atoms with E-state index in [-0.39, 0.29) is 18.2 Å². The van der Waals surface area contributed by atoms with Crippen LogP contribution in [0.15, 0.2) is 51.7 Å². The summed E-state index contributed by atoms with van der Waals surface area (Å²) in [7, 11) is 0. The molecular weight excluding hydrogens is 380 g/mol. The molecule has 3 rings (SSSR count). The zero-order valence-corrected chi connectivity index (χ0v) is 16.4. The van der Waals surface area contributed by atoms with Crippen LogP contribution < -0.4 is 10.9 Å². The largest absolute Gasteiger partial charge is 0.508 e. The van der Waals surface area contributed by atoms with Crippen LogP contribution in [0.3, 0.4) is 0 Å². The number of carbonyl (C=O) groups is 1. The quantitative estimate of drug-likeness (QED) is 0.613. The topological polar surface area (TPSA) is 82.8 Å². The average molecular weight is 401 g/mol. The zero-order chi connectivity index (χ0) is 20.3. The van der Waals surface area contributed by atoms with Crippen molar-refractivity contribution < 1.29 is 14.3 Å². The molecule has 1 aromatic heterocycles. The second kappa shape index (κ2) is 8.46. The number of nitrogens with zero attached hydrogens (tertiary/aromatic N) is 1. The van der Waals surface area contributed by atoms with Crippen LogP contribution in [0.25, 0.3) is 11.0 Å². The van der Waals surface area contributed by atoms with Gasteiger partial charge >= 0.3 is 5.63 Å². The van der Waals surface area contributed by atoms with Crippen molar-refractivity contribution in [1.29, 1.82) is 0 Å². The van der Waals surface area contributed by atoms with Gasteiger partial charge in [-0.2, -0.15) is 0 Å². The van der Waals surface area contributed by atoms with E-state index in [0.717, 1.165) is 16.5 Å². The number of benzene rings is 2. The predicted molar refractivity (Wildman–Crippen MR) is 110 cm³/mol. The van der Waals surface area contributed by atoms with E-state index in [4.69, 9.17) is 16.0 Å². The van der Waals surface area contributed by atoms with Crippen molar-refractivity contribution in [3.63, 3.8) is 0 Å². The Morgan fingerprint density at radius 3 is 2.75 bits per heavy atom. The van der Waals surface area contributed by atoms with Gasteiger partial charge in [0.1, 0.15) is 11.3 Å². The minimum absolute atomic E-state index is 0.0245. The maximum atomic E-state index is 12.5. The number of likely N-dealkylation sites (N-methyl/N-ethyl adjacent to an activating group) is 1. The van der Waals surface area contributed by atoms with Crippen LogP contribution in [0.5, 0.6) is 5.75 Å². The fourth-order valence-electron chi connectivity index (χ4n) is 2.99. The van der Waals surface area contributed by atoms with E-state index in [0.29, 0.717) is 29.4 Å². The van der Waals surface area contributed by atoms with Crippen LogP contribution in [-0.4, -0.2) is 29.0 Å². The first kappa shape index (κ1) is 19.9. The van der Waals surface area contributed by atoms with Gasteiger partial charge in [0.2, 0.25) is 5.91 Å². The standard InChI is InChI=1S/C21H21ClN2O4/c1-3-24(12-20(26)23-18-9-15(22)5-4-13(18)2)11-14-8-21(27)28-19-10-16(25)6-7-17(14)19/h4-10,25H,3,11-12H2,1-2H3,(H,23,26). The van der Waals surface area contributed by atoms with Crippen molar-refractivity contribution in [3.05, 3.63) is 69.0 Å². The van der Waals surface area contributed by atoms with Crippen molar-refractivity contribution in [2.45, 2.75) is 20.4 Å². The Labute approximate surface area is 167 Å². The molecule has 2 N–H and O–H groups in total. The number of aromatic hydroxyl groups is 1. The number of fused-ring (bicyclic) bond motifs is 1. The first-order valence-electron chi connectivity index (χ1n) is 8.90. The number of halogens is 1. The monoisotopic (exact) mass is 400 g/mol. The van der Waals surface area contributed by atoms with Crippen molar-refractivity contribution in [2.75, 3.05) is 18.4 Å². The fraction of sp³-hybridized carbons (Fsp3) is 0.238. The molecule has 0 atom stereocenters. The Morgan fingerprint density at radius 1 is 1.21 bits per heavy atom. The summed E-state index contributed by atoms with van der Waals surface area (Å²) in [6, 6.07) is 11.4. The average Bonchev–Trinajstić information content (AvgIpc) is 2.63. The van der Waals surface area contributed by atoms with E-state index in [2.05, 4.69) is 5.32 Å². The summed E-state index contributed by atoms with van der Waals surface area (Å²) in [5, 5.41) is 13.8. The number of phenolic OH excluding ortho intramolecular Hbond substituents is 1. The summed E-state index contributed by atoms with van der Waals surface area (Å²) in [5.41, 5.74) is 2.16. The molecule has 0 aliphatic heterocycles. The summed E-state index contributed by atoms with van der Waals surface area (Å²) < 4.78 is 5.16. The highest BCUT2D eigenvalue weighted by atomic mass is 35.5. The Kier molecular flexibility index (Phi) is 6.02. The highest BCUT2D eigenvalue weighted by molar-refractivity contribution is 6.31. The smallest absolute Gasteiger partial charge is 0.336 e. The van der Waals surface area contributed by atoms with Crippen LogP contribution >= 0.6 is 11.6 Å². The molecule has 3 aromatic rings. The van der Waals surface area contributed by atoms with E-state index in [1.807, 2.05) is 24.8 Å². The summed E-state index contributed by atoms with van der Waals surface area (Å²) in [6.45, 7) is 5.00. The van der Waals surface area contributed by atoms with Crippen molar-refractivity contribution in [3.8, 4) is 5.75 Å². The molecule has 0 aliphatic carbocycles.